The molecule has 5 rings (SSSR count). The zero-order chi connectivity index (χ0) is 18.4. The van der Waals surface area contributed by atoms with E-state index in [9.17, 15) is 9.59 Å². The van der Waals surface area contributed by atoms with Crippen LogP contribution in [0.1, 0.15) is 59.6 Å². The van der Waals surface area contributed by atoms with Crippen molar-refractivity contribution in [3.8, 4) is 0 Å². The van der Waals surface area contributed by atoms with Crippen LogP contribution in [0.4, 0.5) is 0 Å². The number of H-pyrrole nitrogens is 1. The summed E-state index contributed by atoms with van der Waals surface area (Å²) >= 11 is 0. The molecule has 0 spiro atoms. The minimum absolute atomic E-state index is 0.0351. The van der Waals surface area contributed by atoms with Crippen molar-refractivity contribution in [3.05, 3.63) is 58.1 Å². The molecular weight excluding hydrogens is 344 g/mol. The second-order valence-corrected chi connectivity index (χ2v) is 7.40. The molecule has 1 N–H and O–H groups in total. The maximum Gasteiger partial charge on any atom is 0.263 e. The smallest absolute Gasteiger partial charge is 0.263 e. The molecule has 138 valence electrons. The molecule has 27 heavy (non-hydrogen) atoms. The van der Waals surface area contributed by atoms with Crippen molar-refractivity contribution in [1.82, 2.24) is 19.9 Å². The molecule has 0 unspecified atom stereocenters. The van der Waals surface area contributed by atoms with Gasteiger partial charge in [0.25, 0.3) is 11.5 Å². The van der Waals surface area contributed by atoms with Gasteiger partial charge in [0.1, 0.15) is 16.9 Å². The summed E-state index contributed by atoms with van der Waals surface area (Å²) in [5.74, 6) is 1.46. The third-order valence-electron chi connectivity index (χ3n) is 5.38. The molecule has 3 aromatic rings. The summed E-state index contributed by atoms with van der Waals surface area (Å²) in [4.78, 5) is 38.6. The number of piperidine rings is 1. The second kappa shape index (κ2) is 6.33. The van der Waals surface area contributed by atoms with Gasteiger partial charge in [-0.3, -0.25) is 9.59 Å². The Kier molecular flexibility index (Phi) is 3.81. The van der Waals surface area contributed by atoms with Crippen LogP contribution < -0.4 is 5.56 Å². The topological polar surface area (TPSA) is 92.1 Å². The lowest BCUT2D eigenvalue weighted by atomic mass is 9.97. The summed E-state index contributed by atoms with van der Waals surface area (Å²) in [5, 5.41) is 0. The molecule has 1 saturated heterocycles. The first-order valence-electron chi connectivity index (χ1n) is 9.43. The molecule has 1 aliphatic carbocycles. The molecule has 2 fully saturated rings. The number of nitrogens with zero attached hydrogens (tertiary/aromatic N) is 3. The van der Waals surface area contributed by atoms with Gasteiger partial charge in [0.05, 0.1) is 5.92 Å². The summed E-state index contributed by atoms with van der Waals surface area (Å²) in [7, 11) is 0. The first kappa shape index (κ1) is 16.2. The van der Waals surface area contributed by atoms with E-state index in [0.29, 0.717) is 30.7 Å². The Hall–Kier alpha value is -2.96. The predicted octanol–water partition coefficient (Wildman–Crippen LogP) is 2.81. The van der Waals surface area contributed by atoms with Gasteiger partial charge < -0.3 is 14.3 Å². The first-order valence-corrected chi connectivity index (χ1v) is 9.43. The standard InChI is InChI=1S/C20H20N4O3/c25-18-14(10-21-17(23-18)12-7-8-12)20(26)24-9-3-4-13(11-24)19-22-15-5-1-2-6-16(15)27-19/h1-2,5-6,10,12-13H,3-4,7-9,11H2,(H,21,23,25)/t13-/m1/s1. The average Bonchev–Trinajstić information content (AvgIpc) is 3.46. The number of rotatable bonds is 3. The molecule has 1 amide bonds. The van der Waals surface area contributed by atoms with E-state index < -0.39 is 0 Å². The molecule has 1 aromatic carbocycles. The van der Waals surface area contributed by atoms with E-state index in [1.807, 2.05) is 24.3 Å². The monoisotopic (exact) mass is 364 g/mol. The Bertz CT molecular complexity index is 1030. The number of oxazole rings is 1. The lowest BCUT2D eigenvalue weighted by Gasteiger charge is -2.31. The van der Waals surface area contributed by atoms with E-state index in [1.54, 1.807) is 4.90 Å². The van der Waals surface area contributed by atoms with Gasteiger partial charge >= 0.3 is 0 Å². The van der Waals surface area contributed by atoms with Gasteiger partial charge in [0.15, 0.2) is 11.5 Å². The Morgan fingerprint density at radius 2 is 2.04 bits per heavy atom. The molecule has 2 aromatic heterocycles. The third-order valence-corrected chi connectivity index (χ3v) is 5.38. The lowest BCUT2D eigenvalue weighted by molar-refractivity contribution is 0.0696. The van der Waals surface area contributed by atoms with Crippen LogP contribution in [0.3, 0.4) is 0 Å². The molecule has 0 radical (unpaired) electrons. The van der Waals surface area contributed by atoms with Crippen molar-refractivity contribution in [3.63, 3.8) is 0 Å². The Labute approximate surface area is 155 Å². The lowest BCUT2D eigenvalue weighted by Crippen LogP contribution is -2.41. The molecule has 1 atom stereocenters. The number of benzene rings is 1. The maximum atomic E-state index is 12.9. The van der Waals surface area contributed by atoms with E-state index in [2.05, 4.69) is 15.0 Å². The largest absolute Gasteiger partial charge is 0.440 e. The molecular formula is C20H20N4O3. The highest BCUT2D eigenvalue weighted by atomic mass is 16.3. The molecule has 7 heteroatoms. The Morgan fingerprint density at radius 1 is 1.19 bits per heavy atom. The van der Waals surface area contributed by atoms with Crippen LogP contribution in [0.25, 0.3) is 11.1 Å². The van der Waals surface area contributed by atoms with E-state index in [-0.39, 0.29) is 22.9 Å². The van der Waals surface area contributed by atoms with Crippen LogP contribution >= 0.6 is 0 Å². The third kappa shape index (κ3) is 3.03. The van der Waals surface area contributed by atoms with Gasteiger partial charge in [0, 0.05) is 25.2 Å². The highest BCUT2D eigenvalue weighted by Gasteiger charge is 2.31. The summed E-state index contributed by atoms with van der Waals surface area (Å²) < 4.78 is 5.88. The fourth-order valence-corrected chi connectivity index (χ4v) is 3.72. The highest BCUT2D eigenvalue weighted by molar-refractivity contribution is 5.93. The zero-order valence-corrected chi connectivity index (χ0v) is 14.9. The minimum Gasteiger partial charge on any atom is -0.440 e. The van der Waals surface area contributed by atoms with Crippen molar-refractivity contribution < 1.29 is 9.21 Å². The fraction of sp³-hybridized carbons (Fsp3) is 0.400. The molecule has 1 saturated carbocycles. The molecule has 2 aliphatic rings. The van der Waals surface area contributed by atoms with Gasteiger partial charge in [-0.1, -0.05) is 12.1 Å². The number of likely N-dealkylation sites (tertiary alicyclic amines) is 1. The highest BCUT2D eigenvalue weighted by Crippen LogP contribution is 2.37. The minimum atomic E-state index is -0.346. The number of carbonyl (C=O) groups excluding carboxylic acids is 1. The number of hydrogen-bond acceptors (Lipinski definition) is 5. The van der Waals surface area contributed by atoms with Crippen molar-refractivity contribution in [1.29, 1.82) is 0 Å². The van der Waals surface area contributed by atoms with Gasteiger partial charge in [-0.05, 0) is 37.8 Å². The van der Waals surface area contributed by atoms with Crippen LogP contribution in [0.15, 0.2) is 39.7 Å². The van der Waals surface area contributed by atoms with Crippen molar-refractivity contribution in [2.24, 2.45) is 0 Å². The average molecular weight is 364 g/mol. The van der Waals surface area contributed by atoms with E-state index in [0.717, 1.165) is 36.8 Å². The van der Waals surface area contributed by atoms with Crippen LogP contribution in [0.5, 0.6) is 0 Å². The van der Waals surface area contributed by atoms with Gasteiger partial charge in [-0.2, -0.15) is 0 Å². The summed E-state index contributed by atoms with van der Waals surface area (Å²) in [6, 6.07) is 7.65. The maximum absolute atomic E-state index is 12.9. The van der Waals surface area contributed by atoms with Crippen molar-refractivity contribution in [2.45, 2.75) is 37.5 Å². The predicted molar refractivity (Wildman–Crippen MR) is 98.7 cm³/mol. The number of amides is 1. The van der Waals surface area contributed by atoms with E-state index in [4.69, 9.17) is 4.42 Å². The van der Waals surface area contributed by atoms with Crippen LogP contribution in [0, 0.1) is 0 Å². The number of nitrogens with one attached hydrogen (secondary N) is 1. The Morgan fingerprint density at radius 3 is 2.81 bits per heavy atom. The molecule has 0 bridgehead atoms. The summed E-state index contributed by atoms with van der Waals surface area (Å²) in [6.45, 7) is 1.12. The number of fused-ring (bicyclic) bond motifs is 1. The molecule has 7 nitrogen and oxygen atoms in total. The molecule has 1 aliphatic heterocycles. The SMILES string of the molecule is O=C(c1cnc(C2CC2)[nH]c1=O)N1CCC[C@@H](c2nc3ccccc3o2)C1. The first-order chi connectivity index (χ1) is 13.2. The fourth-order valence-electron chi connectivity index (χ4n) is 3.72. The summed E-state index contributed by atoms with van der Waals surface area (Å²) in [5.41, 5.74) is 1.35. The Balaban J connectivity index is 1.37. The second-order valence-electron chi connectivity index (χ2n) is 7.40. The number of aromatic nitrogens is 3. The number of carbonyl (C=O) groups is 1. The van der Waals surface area contributed by atoms with E-state index in [1.165, 1.54) is 6.20 Å². The normalized spacial score (nSPS) is 20.1. The van der Waals surface area contributed by atoms with Crippen LogP contribution in [0.2, 0.25) is 0 Å². The number of hydrogen-bond donors (Lipinski definition) is 1. The van der Waals surface area contributed by atoms with Gasteiger partial charge in [0.2, 0.25) is 0 Å². The van der Waals surface area contributed by atoms with Crippen molar-refractivity contribution >= 4 is 17.0 Å². The molecule has 3 heterocycles. The van der Waals surface area contributed by atoms with Gasteiger partial charge in [-0.15, -0.1) is 0 Å². The van der Waals surface area contributed by atoms with E-state index >= 15 is 0 Å². The summed E-state index contributed by atoms with van der Waals surface area (Å²) in [6.07, 6.45) is 5.29. The number of aromatic amines is 1. The number of para-hydroxylation sites is 2. The van der Waals surface area contributed by atoms with Crippen molar-refractivity contribution in [2.75, 3.05) is 13.1 Å². The van der Waals surface area contributed by atoms with Gasteiger partial charge in [-0.25, -0.2) is 9.97 Å². The van der Waals surface area contributed by atoms with Crippen LogP contribution in [-0.4, -0.2) is 38.8 Å². The van der Waals surface area contributed by atoms with Crippen LogP contribution in [-0.2, 0) is 0 Å². The zero-order valence-electron chi connectivity index (χ0n) is 14.9. The quantitative estimate of drug-likeness (QED) is 0.771.